The minimum absolute atomic E-state index is 0.663. The Morgan fingerprint density at radius 3 is 3.00 bits per heavy atom. The van der Waals surface area contributed by atoms with Crippen LogP contribution in [0.15, 0.2) is 25.2 Å². The van der Waals surface area contributed by atoms with Gasteiger partial charge in [0.05, 0.1) is 3.57 Å². The van der Waals surface area contributed by atoms with Crippen molar-refractivity contribution in [3.05, 3.63) is 28.7 Å². The fourth-order valence-corrected chi connectivity index (χ4v) is 2.06. The molecule has 1 aromatic rings. The Morgan fingerprint density at radius 1 is 1.64 bits per heavy atom. The molecule has 3 nitrogen and oxygen atoms in total. The van der Waals surface area contributed by atoms with Crippen LogP contribution in [0.3, 0.4) is 0 Å². The van der Waals surface area contributed by atoms with Gasteiger partial charge in [-0.25, -0.2) is 9.97 Å². The smallest absolute Gasteiger partial charge is 0.145 e. The Morgan fingerprint density at radius 2 is 2.43 bits per heavy atom. The van der Waals surface area contributed by atoms with Crippen molar-refractivity contribution in [2.45, 2.75) is 18.9 Å². The molecule has 0 N–H and O–H groups in total. The molecule has 1 aliphatic rings. The molecule has 4 heteroatoms. The predicted octanol–water partition coefficient (Wildman–Crippen LogP) is 2.24. The van der Waals surface area contributed by atoms with Gasteiger partial charge < -0.3 is 4.90 Å². The van der Waals surface area contributed by atoms with Crippen molar-refractivity contribution in [3.8, 4) is 0 Å². The third-order valence-corrected chi connectivity index (χ3v) is 2.99. The third-order valence-electron chi connectivity index (χ3n) is 2.23. The molecule has 0 unspecified atom stereocenters. The maximum absolute atomic E-state index is 4.32. The van der Waals surface area contributed by atoms with Crippen LogP contribution in [0.2, 0.25) is 0 Å². The van der Waals surface area contributed by atoms with E-state index >= 15 is 0 Å². The molecule has 1 aromatic heterocycles. The van der Waals surface area contributed by atoms with Crippen LogP contribution in [0.25, 0.3) is 0 Å². The lowest BCUT2D eigenvalue weighted by Gasteiger charge is -2.22. The van der Waals surface area contributed by atoms with Crippen molar-refractivity contribution in [3.63, 3.8) is 0 Å². The van der Waals surface area contributed by atoms with Gasteiger partial charge in [-0.05, 0) is 35.4 Å². The summed E-state index contributed by atoms with van der Waals surface area (Å²) >= 11 is 2.28. The molecule has 74 valence electrons. The van der Waals surface area contributed by atoms with Gasteiger partial charge in [0, 0.05) is 18.8 Å². The molecule has 0 aliphatic heterocycles. The van der Waals surface area contributed by atoms with Crippen LogP contribution in [0, 0.1) is 3.57 Å². The van der Waals surface area contributed by atoms with Gasteiger partial charge in [-0.3, -0.25) is 0 Å². The number of rotatable bonds is 4. The van der Waals surface area contributed by atoms with Crippen LogP contribution in [0.1, 0.15) is 12.8 Å². The molecule has 0 atom stereocenters. The van der Waals surface area contributed by atoms with Gasteiger partial charge in [0.1, 0.15) is 12.1 Å². The highest BCUT2D eigenvalue weighted by Crippen LogP contribution is 2.32. The second kappa shape index (κ2) is 4.25. The highest BCUT2D eigenvalue weighted by atomic mass is 127. The monoisotopic (exact) mass is 301 g/mol. The van der Waals surface area contributed by atoms with Crippen molar-refractivity contribution in [2.24, 2.45) is 0 Å². The fraction of sp³-hybridized carbons (Fsp3) is 0.400. The van der Waals surface area contributed by atoms with Crippen LogP contribution in [0.4, 0.5) is 5.82 Å². The zero-order valence-electron chi connectivity index (χ0n) is 7.86. The number of aromatic nitrogens is 2. The lowest BCUT2D eigenvalue weighted by atomic mass is 10.4. The zero-order valence-corrected chi connectivity index (χ0v) is 10.0. The number of anilines is 1. The molecule has 0 saturated heterocycles. The summed E-state index contributed by atoms with van der Waals surface area (Å²) in [6.07, 6.45) is 7.93. The minimum Gasteiger partial charge on any atom is -0.349 e. The fourth-order valence-electron chi connectivity index (χ4n) is 1.45. The molecule has 0 radical (unpaired) electrons. The van der Waals surface area contributed by atoms with Gasteiger partial charge in [-0.1, -0.05) is 6.08 Å². The van der Waals surface area contributed by atoms with E-state index in [9.17, 15) is 0 Å². The molecule has 0 amide bonds. The molecule has 2 rings (SSSR count). The second-order valence-corrected chi connectivity index (χ2v) is 4.53. The Hall–Kier alpha value is -0.650. The van der Waals surface area contributed by atoms with E-state index in [1.54, 1.807) is 6.33 Å². The van der Waals surface area contributed by atoms with Crippen LogP contribution in [-0.4, -0.2) is 22.6 Å². The summed E-state index contributed by atoms with van der Waals surface area (Å²) in [5.41, 5.74) is 0. The molecule has 0 spiro atoms. The van der Waals surface area contributed by atoms with Crippen molar-refractivity contribution in [2.75, 3.05) is 11.4 Å². The van der Waals surface area contributed by atoms with E-state index in [2.05, 4.69) is 44.0 Å². The molecule has 1 fully saturated rings. The average molecular weight is 301 g/mol. The van der Waals surface area contributed by atoms with Crippen molar-refractivity contribution < 1.29 is 0 Å². The number of nitrogens with zero attached hydrogens (tertiary/aromatic N) is 3. The molecule has 1 aliphatic carbocycles. The summed E-state index contributed by atoms with van der Waals surface area (Å²) in [6, 6.07) is 0.663. The van der Waals surface area contributed by atoms with E-state index in [-0.39, 0.29) is 0 Å². The molecule has 1 heterocycles. The van der Waals surface area contributed by atoms with Gasteiger partial charge in [-0.15, -0.1) is 6.58 Å². The normalized spacial score (nSPS) is 15.2. The lowest BCUT2D eigenvalue weighted by Crippen LogP contribution is -2.27. The Bertz CT molecular complexity index is 336. The van der Waals surface area contributed by atoms with Crippen molar-refractivity contribution in [1.29, 1.82) is 0 Å². The van der Waals surface area contributed by atoms with E-state index in [1.165, 1.54) is 12.8 Å². The molecule has 0 aromatic carbocycles. The first-order chi connectivity index (χ1) is 6.83. The number of hydrogen-bond acceptors (Lipinski definition) is 3. The highest BCUT2D eigenvalue weighted by Gasteiger charge is 2.30. The molecule has 1 saturated carbocycles. The first-order valence-corrected chi connectivity index (χ1v) is 5.74. The summed E-state index contributed by atoms with van der Waals surface area (Å²) in [4.78, 5) is 10.6. The van der Waals surface area contributed by atoms with E-state index < -0.39 is 0 Å². The second-order valence-electron chi connectivity index (χ2n) is 3.37. The lowest BCUT2D eigenvalue weighted by molar-refractivity contribution is 0.832. The average Bonchev–Trinajstić information content (AvgIpc) is 2.99. The predicted molar refractivity (Wildman–Crippen MR) is 65.3 cm³/mol. The largest absolute Gasteiger partial charge is 0.349 e. The molecular weight excluding hydrogens is 289 g/mol. The molecular formula is C10H12IN3. The third kappa shape index (κ3) is 2.05. The summed E-state index contributed by atoms with van der Waals surface area (Å²) in [7, 11) is 0. The topological polar surface area (TPSA) is 29.0 Å². The maximum Gasteiger partial charge on any atom is 0.145 e. The van der Waals surface area contributed by atoms with Gasteiger partial charge in [0.2, 0.25) is 0 Å². The van der Waals surface area contributed by atoms with Crippen LogP contribution < -0.4 is 4.90 Å². The maximum atomic E-state index is 4.32. The highest BCUT2D eigenvalue weighted by molar-refractivity contribution is 14.1. The van der Waals surface area contributed by atoms with E-state index in [1.807, 2.05) is 12.3 Å². The van der Waals surface area contributed by atoms with Crippen molar-refractivity contribution in [1.82, 2.24) is 9.97 Å². The van der Waals surface area contributed by atoms with E-state index in [0.29, 0.717) is 6.04 Å². The van der Waals surface area contributed by atoms with Crippen LogP contribution >= 0.6 is 22.6 Å². The first kappa shape index (κ1) is 9.89. The summed E-state index contributed by atoms with van der Waals surface area (Å²) < 4.78 is 1.11. The summed E-state index contributed by atoms with van der Waals surface area (Å²) in [6.45, 7) is 4.65. The van der Waals surface area contributed by atoms with E-state index in [4.69, 9.17) is 0 Å². The molecule has 14 heavy (non-hydrogen) atoms. The SMILES string of the molecule is C=CCN(c1ncncc1I)C1CC1. The van der Waals surface area contributed by atoms with Crippen LogP contribution in [0.5, 0.6) is 0 Å². The van der Waals surface area contributed by atoms with Gasteiger partial charge >= 0.3 is 0 Å². The Labute approximate surface area is 97.4 Å². The van der Waals surface area contributed by atoms with E-state index in [0.717, 1.165) is 15.9 Å². The number of hydrogen-bond donors (Lipinski definition) is 0. The minimum atomic E-state index is 0.663. The standard InChI is InChI=1S/C10H12IN3/c1-2-5-14(8-3-4-8)10-9(11)6-12-7-13-10/h2,6-8H,1,3-5H2. The van der Waals surface area contributed by atoms with Gasteiger partial charge in [0.25, 0.3) is 0 Å². The zero-order chi connectivity index (χ0) is 9.97. The number of halogens is 1. The van der Waals surface area contributed by atoms with Crippen molar-refractivity contribution >= 4 is 28.4 Å². The Balaban J connectivity index is 2.25. The van der Waals surface area contributed by atoms with Gasteiger partial charge in [0.15, 0.2) is 0 Å². The summed E-state index contributed by atoms with van der Waals surface area (Å²) in [5, 5.41) is 0. The van der Waals surface area contributed by atoms with Gasteiger partial charge in [-0.2, -0.15) is 0 Å². The van der Waals surface area contributed by atoms with Crippen LogP contribution in [-0.2, 0) is 0 Å². The quantitative estimate of drug-likeness (QED) is 0.631. The first-order valence-electron chi connectivity index (χ1n) is 4.66. The molecule has 0 bridgehead atoms. The Kier molecular flexibility index (Phi) is 3.00. The summed E-state index contributed by atoms with van der Waals surface area (Å²) in [5.74, 6) is 1.04.